The fraction of sp³-hybridized carbons (Fsp3) is 0.588. The average molecular weight is 273 g/mol. The first kappa shape index (κ1) is 13.6. The molecule has 108 valence electrons. The van der Waals surface area contributed by atoms with Crippen molar-refractivity contribution in [1.29, 1.82) is 0 Å². The Kier molecular flexibility index (Phi) is 4.06. The summed E-state index contributed by atoms with van der Waals surface area (Å²) in [6.07, 6.45) is 3.97. The third-order valence-corrected chi connectivity index (χ3v) is 4.52. The van der Waals surface area contributed by atoms with Gasteiger partial charge in [0.1, 0.15) is 5.78 Å². The number of anilines is 1. The second-order valence-corrected chi connectivity index (χ2v) is 6.10. The van der Waals surface area contributed by atoms with E-state index in [2.05, 4.69) is 29.2 Å². The van der Waals surface area contributed by atoms with E-state index in [-0.39, 0.29) is 0 Å². The van der Waals surface area contributed by atoms with Crippen molar-refractivity contribution >= 4 is 11.5 Å². The van der Waals surface area contributed by atoms with Crippen LogP contribution in [0.25, 0.3) is 0 Å². The molecule has 3 rings (SSSR count). The molecule has 1 fully saturated rings. The third-order valence-electron chi connectivity index (χ3n) is 4.52. The zero-order chi connectivity index (χ0) is 13.9. The molecule has 0 aliphatic carbocycles. The van der Waals surface area contributed by atoms with Gasteiger partial charge in [-0.15, -0.1) is 0 Å². The minimum Gasteiger partial charge on any atom is -0.381 e. The van der Waals surface area contributed by atoms with Crippen LogP contribution in [-0.4, -0.2) is 31.6 Å². The Morgan fingerprint density at radius 1 is 1.30 bits per heavy atom. The number of hydrogen-bond acceptors (Lipinski definition) is 3. The minimum atomic E-state index is 0.291. The number of benzene rings is 1. The van der Waals surface area contributed by atoms with Crippen molar-refractivity contribution in [2.45, 2.75) is 38.6 Å². The lowest BCUT2D eigenvalue weighted by atomic mass is 9.98. The van der Waals surface area contributed by atoms with Crippen LogP contribution in [0.15, 0.2) is 24.3 Å². The highest BCUT2D eigenvalue weighted by Gasteiger charge is 2.31. The predicted octanol–water partition coefficient (Wildman–Crippen LogP) is 2.82. The molecule has 2 heterocycles. The summed E-state index contributed by atoms with van der Waals surface area (Å²) in [6.45, 7) is 4.54. The van der Waals surface area contributed by atoms with Crippen LogP contribution in [0.3, 0.4) is 0 Å². The highest BCUT2D eigenvalue weighted by molar-refractivity contribution is 5.77. The van der Waals surface area contributed by atoms with Crippen molar-refractivity contribution < 1.29 is 9.53 Å². The maximum atomic E-state index is 11.5. The van der Waals surface area contributed by atoms with E-state index in [9.17, 15) is 4.79 Å². The molecular weight excluding hydrogens is 250 g/mol. The van der Waals surface area contributed by atoms with Crippen molar-refractivity contribution in [1.82, 2.24) is 0 Å². The second-order valence-electron chi connectivity index (χ2n) is 6.10. The number of carbonyl (C=O) groups is 1. The van der Waals surface area contributed by atoms with Gasteiger partial charge in [-0.3, -0.25) is 4.79 Å². The summed E-state index contributed by atoms with van der Waals surface area (Å²) in [4.78, 5) is 14.0. The molecule has 0 saturated carbocycles. The molecule has 2 aliphatic heterocycles. The van der Waals surface area contributed by atoms with Gasteiger partial charge in [-0.25, -0.2) is 0 Å². The second kappa shape index (κ2) is 5.96. The smallest absolute Gasteiger partial charge is 0.131 e. The topological polar surface area (TPSA) is 29.5 Å². The number of Topliss-reactive ketones (excluding diaryl/α,β-unsaturated/α-hetero) is 1. The van der Waals surface area contributed by atoms with Gasteiger partial charge in [0.2, 0.25) is 0 Å². The summed E-state index contributed by atoms with van der Waals surface area (Å²) < 4.78 is 5.45. The van der Waals surface area contributed by atoms with E-state index in [1.807, 2.05) is 0 Å². The SMILES string of the molecule is CC(=O)CC1Cc2ccccc2N1CC1CCOCC1. The van der Waals surface area contributed by atoms with Crippen LogP contribution in [0.4, 0.5) is 5.69 Å². The lowest BCUT2D eigenvalue weighted by molar-refractivity contribution is -0.117. The van der Waals surface area contributed by atoms with Crippen molar-refractivity contribution in [3.8, 4) is 0 Å². The largest absolute Gasteiger partial charge is 0.381 e. The quantitative estimate of drug-likeness (QED) is 0.845. The van der Waals surface area contributed by atoms with E-state index in [0.29, 0.717) is 24.2 Å². The number of carbonyl (C=O) groups excluding carboxylic acids is 1. The first-order valence-electron chi connectivity index (χ1n) is 7.66. The summed E-state index contributed by atoms with van der Waals surface area (Å²) in [7, 11) is 0. The van der Waals surface area contributed by atoms with Gasteiger partial charge in [-0.2, -0.15) is 0 Å². The number of nitrogens with zero attached hydrogens (tertiary/aromatic N) is 1. The van der Waals surface area contributed by atoms with E-state index in [1.54, 1.807) is 6.92 Å². The standard InChI is InChI=1S/C17H23NO2/c1-13(19)10-16-11-15-4-2-3-5-17(15)18(16)12-14-6-8-20-9-7-14/h2-5,14,16H,6-12H2,1H3. The molecule has 1 aromatic rings. The van der Waals surface area contributed by atoms with Gasteiger partial charge in [0.15, 0.2) is 0 Å². The molecule has 0 amide bonds. The number of para-hydroxylation sites is 1. The fourth-order valence-corrected chi connectivity index (χ4v) is 3.49. The average Bonchev–Trinajstić information content (AvgIpc) is 2.77. The normalized spacial score (nSPS) is 22.9. The molecule has 0 spiro atoms. The number of hydrogen-bond donors (Lipinski definition) is 0. The van der Waals surface area contributed by atoms with Crippen molar-refractivity contribution in [2.75, 3.05) is 24.7 Å². The van der Waals surface area contributed by atoms with Crippen molar-refractivity contribution in [3.05, 3.63) is 29.8 Å². The maximum absolute atomic E-state index is 11.5. The molecular formula is C17H23NO2. The molecule has 1 atom stereocenters. The number of ether oxygens (including phenoxy) is 1. The third kappa shape index (κ3) is 2.88. The number of ketones is 1. The van der Waals surface area contributed by atoms with Gasteiger partial charge >= 0.3 is 0 Å². The minimum absolute atomic E-state index is 0.291. The van der Waals surface area contributed by atoms with Crippen LogP contribution < -0.4 is 4.90 Å². The van der Waals surface area contributed by atoms with Gasteiger partial charge < -0.3 is 9.64 Å². The number of fused-ring (bicyclic) bond motifs is 1. The van der Waals surface area contributed by atoms with E-state index < -0.39 is 0 Å². The van der Waals surface area contributed by atoms with Gasteiger partial charge in [0.25, 0.3) is 0 Å². The van der Waals surface area contributed by atoms with Crippen LogP contribution in [0.1, 0.15) is 31.7 Å². The molecule has 0 bridgehead atoms. The van der Waals surface area contributed by atoms with Crippen molar-refractivity contribution in [3.63, 3.8) is 0 Å². The summed E-state index contributed by atoms with van der Waals surface area (Å²) in [5, 5.41) is 0. The Morgan fingerprint density at radius 3 is 2.80 bits per heavy atom. The first-order chi connectivity index (χ1) is 9.74. The number of rotatable bonds is 4. The highest BCUT2D eigenvalue weighted by atomic mass is 16.5. The summed E-state index contributed by atoms with van der Waals surface area (Å²) in [5.41, 5.74) is 2.73. The lowest BCUT2D eigenvalue weighted by Gasteiger charge is -2.33. The van der Waals surface area contributed by atoms with E-state index in [4.69, 9.17) is 4.74 Å². The first-order valence-corrected chi connectivity index (χ1v) is 7.66. The molecule has 2 aliphatic rings. The Hall–Kier alpha value is -1.35. The van der Waals surface area contributed by atoms with Gasteiger partial charge in [-0.05, 0) is 43.7 Å². The van der Waals surface area contributed by atoms with E-state index in [1.165, 1.54) is 11.3 Å². The molecule has 3 nitrogen and oxygen atoms in total. The van der Waals surface area contributed by atoms with Crippen LogP contribution in [-0.2, 0) is 16.0 Å². The molecule has 3 heteroatoms. The Balaban J connectivity index is 1.77. The zero-order valence-corrected chi connectivity index (χ0v) is 12.2. The predicted molar refractivity (Wildman–Crippen MR) is 80.1 cm³/mol. The summed E-state index contributed by atoms with van der Waals surface area (Å²) in [5.74, 6) is 0.990. The van der Waals surface area contributed by atoms with Crippen LogP contribution in [0.2, 0.25) is 0 Å². The van der Waals surface area contributed by atoms with E-state index >= 15 is 0 Å². The van der Waals surface area contributed by atoms with Crippen LogP contribution in [0.5, 0.6) is 0 Å². The highest BCUT2D eigenvalue weighted by Crippen LogP contribution is 2.35. The van der Waals surface area contributed by atoms with Crippen LogP contribution >= 0.6 is 0 Å². The van der Waals surface area contributed by atoms with Gasteiger partial charge in [0, 0.05) is 37.9 Å². The molecule has 1 unspecified atom stereocenters. The van der Waals surface area contributed by atoms with Gasteiger partial charge in [-0.1, -0.05) is 18.2 Å². The molecule has 0 aromatic heterocycles. The lowest BCUT2D eigenvalue weighted by Crippen LogP contribution is -2.38. The molecule has 1 aromatic carbocycles. The maximum Gasteiger partial charge on any atom is 0.131 e. The molecule has 1 saturated heterocycles. The summed E-state index contributed by atoms with van der Waals surface area (Å²) >= 11 is 0. The Labute approximate surface area is 120 Å². The van der Waals surface area contributed by atoms with Crippen LogP contribution in [0, 0.1) is 5.92 Å². The van der Waals surface area contributed by atoms with E-state index in [0.717, 1.165) is 39.0 Å². The Morgan fingerprint density at radius 2 is 2.05 bits per heavy atom. The van der Waals surface area contributed by atoms with Gasteiger partial charge in [0.05, 0.1) is 0 Å². The fourth-order valence-electron chi connectivity index (χ4n) is 3.49. The van der Waals surface area contributed by atoms with Crippen molar-refractivity contribution in [2.24, 2.45) is 5.92 Å². The molecule has 0 radical (unpaired) electrons. The molecule has 20 heavy (non-hydrogen) atoms. The molecule has 0 N–H and O–H groups in total. The monoisotopic (exact) mass is 273 g/mol. The summed E-state index contributed by atoms with van der Waals surface area (Å²) in [6, 6.07) is 8.96. The zero-order valence-electron chi connectivity index (χ0n) is 12.2. The Bertz CT molecular complexity index is 480.